The first-order chi connectivity index (χ1) is 15.0. The molecule has 0 saturated carbocycles. The molecular formula is C27H29N5. The van der Waals surface area contributed by atoms with Gasteiger partial charge in [-0.1, -0.05) is 6.92 Å². The quantitative estimate of drug-likeness (QED) is 0.633. The Hall–Kier alpha value is -3.57. The van der Waals surface area contributed by atoms with E-state index in [9.17, 15) is 10.5 Å². The summed E-state index contributed by atoms with van der Waals surface area (Å²) in [7, 11) is 2.17. The molecule has 0 bridgehead atoms. The first-order valence-corrected chi connectivity index (χ1v) is 10.9. The Kier molecular flexibility index (Phi) is 4.90. The molecule has 5 nitrogen and oxygen atoms in total. The Balaban J connectivity index is 1.96. The molecule has 1 aromatic carbocycles. The van der Waals surface area contributed by atoms with Gasteiger partial charge < -0.3 is 10.6 Å². The van der Waals surface area contributed by atoms with Gasteiger partial charge >= 0.3 is 0 Å². The van der Waals surface area contributed by atoms with Gasteiger partial charge in [-0.3, -0.25) is 0 Å². The van der Waals surface area contributed by atoms with Crippen LogP contribution >= 0.6 is 0 Å². The highest BCUT2D eigenvalue weighted by Crippen LogP contribution is 2.46. The standard InChI is InChI=1S/C27H29N5/c1-14-8-23-19(15(2)11-27(5,6)32(23)7)9-18(14)10-20-16(3)21(12-28)25-24(20)17(4)22(13-29)26(30)31-25/h8-10,15H,11H2,1-7H3,(H2,30,31)/b20-10-/t15-/m1/s1. The molecular weight excluding hydrogens is 394 g/mol. The molecule has 0 fully saturated rings. The van der Waals surface area contributed by atoms with Crippen molar-refractivity contribution in [3.63, 3.8) is 0 Å². The van der Waals surface area contributed by atoms with Gasteiger partial charge in [-0.2, -0.15) is 10.5 Å². The molecule has 5 heteroatoms. The van der Waals surface area contributed by atoms with Crippen LogP contribution in [0.25, 0.3) is 17.2 Å². The van der Waals surface area contributed by atoms with E-state index in [1.165, 1.54) is 16.8 Å². The van der Waals surface area contributed by atoms with Gasteiger partial charge in [0.25, 0.3) is 0 Å². The number of hydrogen-bond donors (Lipinski definition) is 1. The van der Waals surface area contributed by atoms with Crippen molar-refractivity contribution in [1.82, 2.24) is 4.98 Å². The minimum atomic E-state index is 0.112. The summed E-state index contributed by atoms with van der Waals surface area (Å²) in [6.45, 7) is 12.8. The lowest BCUT2D eigenvalue weighted by molar-refractivity contribution is 0.395. The predicted molar refractivity (Wildman–Crippen MR) is 131 cm³/mol. The summed E-state index contributed by atoms with van der Waals surface area (Å²) in [5.74, 6) is 0.625. The van der Waals surface area contributed by atoms with Crippen molar-refractivity contribution in [3.8, 4) is 12.1 Å². The summed E-state index contributed by atoms with van der Waals surface area (Å²) >= 11 is 0. The van der Waals surface area contributed by atoms with E-state index >= 15 is 0 Å². The molecule has 0 spiro atoms. The van der Waals surface area contributed by atoms with Crippen LogP contribution in [0, 0.1) is 36.5 Å². The predicted octanol–water partition coefficient (Wildman–Crippen LogP) is 5.73. The Bertz CT molecular complexity index is 1310. The Morgan fingerprint density at radius 1 is 1.19 bits per heavy atom. The SMILES string of the molecule is CC1=C(C#N)c2nc(N)c(C#N)c(C)c2/C1=C\c1cc2c(cc1C)N(C)C(C)(C)C[C@H]2C. The number of aryl methyl sites for hydroxylation is 1. The lowest BCUT2D eigenvalue weighted by Gasteiger charge is -2.45. The Labute approximate surface area is 190 Å². The second-order valence-corrected chi connectivity index (χ2v) is 9.75. The van der Waals surface area contributed by atoms with Gasteiger partial charge in [0.1, 0.15) is 18.0 Å². The van der Waals surface area contributed by atoms with Gasteiger partial charge in [-0.25, -0.2) is 4.98 Å². The fraction of sp³-hybridized carbons (Fsp3) is 0.370. The monoisotopic (exact) mass is 423 g/mol. The van der Waals surface area contributed by atoms with Crippen molar-refractivity contribution in [1.29, 1.82) is 10.5 Å². The van der Waals surface area contributed by atoms with E-state index in [4.69, 9.17) is 5.73 Å². The normalized spacial score (nSPS) is 20.1. The fourth-order valence-electron chi connectivity index (χ4n) is 5.24. The number of pyridine rings is 1. The third kappa shape index (κ3) is 3.00. The van der Waals surface area contributed by atoms with Crippen LogP contribution in [0.3, 0.4) is 0 Å². The molecule has 0 radical (unpaired) electrons. The molecule has 32 heavy (non-hydrogen) atoms. The topological polar surface area (TPSA) is 89.7 Å². The molecule has 1 aliphatic carbocycles. The molecule has 162 valence electrons. The molecule has 2 aliphatic rings. The third-order valence-electron chi connectivity index (χ3n) is 7.31. The molecule has 2 N–H and O–H groups in total. The second kappa shape index (κ2) is 7.24. The number of benzene rings is 1. The average molecular weight is 424 g/mol. The number of hydrogen-bond acceptors (Lipinski definition) is 5. The summed E-state index contributed by atoms with van der Waals surface area (Å²) in [6, 6.07) is 9.03. The van der Waals surface area contributed by atoms with Gasteiger partial charge in [0.05, 0.1) is 16.8 Å². The minimum Gasteiger partial charge on any atom is -0.383 e. The zero-order chi connectivity index (χ0) is 23.5. The van der Waals surface area contributed by atoms with Gasteiger partial charge in [-0.05, 0) is 98.6 Å². The van der Waals surface area contributed by atoms with Crippen molar-refractivity contribution in [2.75, 3.05) is 17.7 Å². The summed E-state index contributed by atoms with van der Waals surface area (Å²) in [5, 5.41) is 19.4. The Morgan fingerprint density at radius 3 is 2.50 bits per heavy atom. The van der Waals surface area contributed by atoms with Gasteiger partial charge in [0.2, 0.25) is 0 Å². The molecule has 2 heterocycles. The first-order valence-electron chi connectivity index (χ1n) is 10.9. The van der Waals surface area contributed by atoms with Crippen molar-refractivity contribution < 1.29 is 0 Å². The van der Waals surface area contributed by atoms with Crippen LogP contribution < -0.4 is 10.6 Å². The highest BCUT2D eigenvalue weighted by Gasteiger charge is 2.35. The summed E-state index contributed by atoms with van der Waals surface area (Å²) in [5.41, 5.74) is 16.0. The van der Waals surface area contributed by atoms with E-state index in [-0.39, 0.29) is 11.4 Å². The van der Waals surface area contributed by atoms with Crippen LogP contribution in [-0.4, -0.2) is 17.6 Å². The molecule has 0 unspecified atom stereocenters. The lowest BCUT2D eigenvalue weighted by atomic mass is 9.79. The number of aromatic nitrogens is 1. The number of allylic oxidation sites excluding steroid dienone is 3. The summed E-state index contributed by atoms with van der Waals surface area (Å²) < 4.78 is 0. The van der Waals surface area contributed by atoms with Crippen molar-refractivity contribution in [3.05, 3.63) is 56.8 Å². The molecule has 0 amide bonds. The number of rotatable bonds is 1. The zero-order valence-electron chi connectivity index (χ0n) is 19.9. The maximum absolute atomic E-state index is 9.81. The maximum atomic E-state index is 9.81. The lowest BCUT2D eigenvalue weighted by Crippen LogP contribution is -2.45. The van der Waals surface area contributed by atoms with Crippen LogP contribution in [0.4, 0.5) is 11.5 Å². The van der Waals surface area contributed by atoms with Crippen LogP contribution in [-0.2, 0) is 0 Å². The molecule has 0 saturated heterocycles. The first kappa shape index (κ1) is 21.7. The van der Waals surface area contributed by atoms with Crippen LogP contribution in [0.2, 0.25) is 0 Å². The number of nitrogens with zero attached hydrogens (tertiary/aromatic N) is 4. The third-order valence-corrected chi connectivity index (χ3v) is 7.31. The van der Waals surface area contributed by atoms with E-state index < -0.39 is 0 Å². The highest BCUT2D eigenvalue weighted by atomic mass is 15.2. The molecule has 2 aromatic rings. The summed E-state index contributed by atoms with van der Waals surface area (Å²) in [4.78, 5) is 6.82. The van der Waals surface area contributed by atoms with Crippen LogP contribution in [0.1, 0.15) is 79.1 Å². The van der Waals surface area contributed by atoms with Gasteiger partial charge in [0, 0.05) is 23.8 Å². The molecule has 1 atom stereocenters. The summed E-state index contributed by atoms with van der Waals surface area (Å²) in [6.07, 6.45) is 3.23. The number of anilines is 2. The zero-order valence-corrected chi connectivity index (χ0v) is 19.9. The van der Waals surface area contributed by atoms with Gasteiger partial charge in [-0.15, -0.1) is 0 Å². The van der Waals surface area contributed by atoms with E-state index in [1.807, 2.05) is 13.8 Å². The largest absolute Gasteiger partial charge is 0.383 e. The minimum absolute atomic E-state index is 0.112. The Morgan fingerprint density at radius 2 is 1.88 bits per heavy atom. The molecule has 1 aromatic heterocycles. The van der Waals surface area contributed by atoms with Crippen molar-refractivity contribution in [2.24, 2.45) is 0 Å². The molecule has 1 aliphatic heterocycles. The second-order valence-electron chi connectivity index (χ2n) is 9.75. The van der Waals surface area contributed by atoms with E-state index in [0.717, 1.165) is 34.3 Å². The van der Waals surface area contributed by atoms with E-state index in [0.29, 0.717) is 22.7 Å². The van der Waals surface area contributed by atoms with Crippen LogP contribution in [0.15, 0.2) is 17.7 Å². The number of fused-ring (bicyclic) bond motifs is 2. The highest BCUT2D eigenvalue weighted by molar-refractivity contribution is 6.09. The van der Waals surface area contributed by atoms with Gasteiger partial charge in [0.15, 0.2) is 0 Å². The smallest absolute Gasteiger partial charge is 0.142 e. The molecule has 4 rings (SSSR count). The van der Waals surface area contributed by atoms with E-state index in [1.54, 1.807) is 0 Å². The number of nitriles is 2. The maximum Gasteiger partial charge on any atom is 0.142 e. The number of nitrogens with two attached hydrogens (primary N) is 1. The van der Waals surface area contributed by atoms with Crippen molar-refractivity contribution >= 4 is 28.7 Å². The number of nitrogen functional groups attached to an aromatic ring is 1. The average Bonchev–Trinajstić information content (AvgIpc) is 2.98. The van der Waals surface area contributed by atoms with Crippen molar-refractivity contribution in [2.45, 2.75) is 59.4 Å². The van der Waals surface area contributed by atoms with E-state index in [2.05, 4.69) is 75.0 Å². The fourth-order valence-corrected chi connectivity index (χ4v) is 5.24. The van der Waals surface area contributed by atoms with Crippen LogP contribution in [0.5, 0.6) is 0 Å².